The Labute approximate surface area is 120 Å². The third kappa shape index (κ3) is 2.87. The van der Waals surface area contributed by atoms with E-state index in [2.05, 4.69) is 21.0 Å². The van der Waals surface area contributed by atoms with E-state index in [1.165, 1.54) is 6.07 Å². The lowest BCUT2D eigenvalue weighted by atomic mass is 10.1. The van der Waals surface area contributed by atoms with Crippen LogP contribution in [0.2, 0.25) is 0 Å². The maximum absolute atomic E-state index is 13.2. The largest absolute Gasteiger partial charge is 0.389 e. The zero-order valence-corrected chi connectivity index (χ0v) is 12.7. The van der Waals surface area contributed by atoms with Crippen LogP contribution in [0.4, 0.5) is 4.39 Å². The third-order valence-electron chi connectivity index (χ3n) is 3.17. The van der Waals surface area contributed by atoms with Gasteiger partial charge in [-0.3, -0.25) is 4.68 Å². The van der Waals surface area contributed by atoms with Crippen molar-refractivity contribution < 1.29 is 9.50 Å². The summed E-state index contributed by atoms with van der Waals surface area (Å²) in [5, 5.41) is 14.2. The number of aliphatic hydroxyl groups is 1. The number of halogens is 2. The quantitative estimate of drug-likeness (QED) is 0.937. The van der Waals surface area contributed by atoms with Crippen LogP contribution in [0, 0.1) is 19.7 Å². The van der Waals surface area contributed by atoms with E-state index in [-0.39, 0.29) is 5.82 Å². The van der Waals surface area contributed by atoms with Crippen molar-refractivity contribution in [1.29, 1.82) is 0 Å². The predicted molar refractivity (Wildman–Crippen MR) is 75.5 cm³/mol. The smallest absolute Gasteiger partial charge is 0.137 e. The molecule has 0 radical (unpaired) electrons. The minimum atomic E-state index is -0.534. The first kappa shape index (κ1) is 14.2. The normalized spacial score (nSPS) is 12.7. The monoisotopic (exact) mass is 326 g/mol. The molecule has 0 bridgehead atoms. The lowest BCUT2D eigenvalue weighted by molar-refractivity contribution is 0.197. The van der Waals surface area contributed by atoms with E-state index in [0.29, 0.717) is 11.0 Å². The van der Waals surface area contributed by atoms with Crippen molar-refractivity contribution in [2.45, 2.75) is 33.4 Å². The number of rotatable bonds is 3. The minimum absolute atomic E-state index is 0.276. The average Bonchev–Trinajstić information content (AvgIpc) is 2.59. The van der Waals surface area contributed by atoms with Crippen molar-refractivity contribution in [3.8, 4) is 0 Å². The molecule has 0 aliphatic heterocycles. The molecule has 1 aromatic heterocycles. The summed E-state index contributed by atoms with van der Waals surface area (Å²) in [6.45, 7) is 6.10. The van der Waals surface area contributed by atoms with Gasteiger partial charge in [0, 0.05) is 11.3 Å². The van der Waals surface area contributed by atoms with Gasteiger partial charge in [0.25, 0.3) is 0 Å². The second kappa shape index (κ2) is 5.43. The maximum atomic E-state index is 13.2. The van der Waals surface area contributed by atoms with Gasteiger partial charge in [-0.1, -0.05) is 6.07 Å². The van der Waals surface area contributed by atoms with Crippen LogP contribution in [0.15, 0.2) is 22.7 Å². The third-order valence-corrected chi connectivity index (χ3v) is 3.78. The fourth-order valence-corrected chi connectivity index (χ4v) is 2.71. The molecule has 0 amide bonds. The molecule has 0 saturated carbocycles. The Morgan fingerprint density at radius 3 is 2.63 bits per heavy atom. The van der Waals surface area contributed by atoms with E-state index in [9.17, 15) is 9.50 Å². The molecular weight excluding hydrogens is 311 g/mol. The molecular formula is C14H16BrFN2O. The van der Waals surface area contributed by atoms with Crippen LogP contribution in [0.5, 0.6) is 0 Å². The molecule has 1 N–H and O–H groups in total. The first-order valence-corrected chi connectivity index (χ1v) is 6.85. The van der Waals surface area contributed by atoms with Crippen LogP contribution in [0.25, 0.3) is 0 Å². The lowest BCUT2D eigenvalue weighted by Crippen LogP contribution is -2.05. The van der Waals surface area contributed by atoms with Gasteiger partial charge in [0.2, 0.25) is 0 Å². The molecule has 3 nitrogen and oxygen atoms in total. The zero-order chi connectivity index (χ0) is 14.2. The molecule has 1 unspecified atom stereocenters. The summed E-state index contributed by atoms with van der Waals surface area (Å²) in [4.78, 5) is 0. The van der Waals surface area contributed by atoms with Crippen molar-refractivity contribution in [3.63, 3.8) is 0 Å². The van der Waals surface area contributed by atoms with E-state index in [1.54, 1.807) is 19.1 Å². The fourth-order valence-electron chi connectivity index (χ4n) is 2.28. The van der Waals surface area contributed by atoms with Crippen LogP contribution in [0.1, 0.15) is 35.5 Å². The molecule has 1 heterocycles. The number of aliphatic hydroxyl groups excluding tert-OH is 1. The van der Waals surface area contributed by atoms with Crippen LogP contribution >= 0.6 is 15.9 Å². The van der Waals surface area contributed by atoms with Gasteiger partial charge < -0.3 is 5.11 Å². The average molecular weight is 327 g/mol. The molecule has 19 heavy (non-hydrogen) atoms. The molecule has 102 valence electrons. The van der Waals surface area contributed by atoms with Crippen molar-refractivity contribution >= 4 is 15.9 Å². The van der Waals surface area contributed by atoms with Crippen LogP contribution in [0.3, 0.4) is 0 Å². The SMILES string of the molecule is Cc1nn(Cc2ccc(F)c(Br)c2)c(C)c1C(C)O. The highest BCUT2D eigenvalue weighted by atomic mass is 79.9. The number of hydrogen-bond acceptors (Lipinski definition) is 2. The Morgan fingerprint density at radius 2 is 2.11 bits per heavy atom. The highest BCUT2D eigenvalue weighted by Crippen LogP contribution is 2.23. The zero-order valence-electron chi connectivity index (χ0n) is 11.1. The van der Waals surface area contributed by atoms with E-state index >= 15 is 0 Å². The molecule has 1 atom stereocenters. The Kier molecular flexibility index (Phi) is 4.06. The first-order valence-electron chi connectivity index (χ1n) is 6.06. The molecule has 0 saturated heterocycles. The molecule has 0 spiro atoms. The highest BCUT2D eigenvalue weighted by molar-refractivity contribution is 9.10. The molecule has 0 aliphatic carbocycles. The number of aryl methyl sites for hydroxylation is 1. The van der Waals surface area contributed by atoms with E-state index < -0.39 is 6.10 Å². The Bertz CT molecular complexity index is 608. The lowest BCUT2D eigenvalue weighted by Gasteiger charge is -2.08. The maximum Gasteiger partial charge on any atom is 0.137 e. The summed E-state index contributed by atoms with van der Waals surface area (Å²) in [5.74, 6) is -0.276. The van der Waals surface area contributed by atoms with Crippen molar-refractivity contribution in [2.24, 2.45) is 0 Å². The Balaban J connectivity index is 2.33. The summed E-state index contributed by atoms with van der Waals surface area (Å²) < 4.78 is 15.5. The summed E-state index contributed by atoms with van der Waals surface area (Å²) in [6.07, 6.45) is -0.534. The Hall–Kier alpha value is -1.20. The van der Waals surface area contributed by atoms with E-state index in [1.807, 2.05) is 18.5 Å². The van der Waals surface area contributed by atoms with Gasteiger partial charge in [-0.05, 0) is 54.4 Å². The number of aromatic nitrogens is 2. The second-order valence-electron chi connectivity index (χ2n) is 4.67. The number of nitrogens with zero attached hydrogens (tertiary/aromatic N) is 2. The van der Waals surface area contributed by atoms with Crippen LogP contribution < -0.4 is 0 Å². The van der Waals surface area contributed by atoms with Crippen molar-refractivity contribution in [2.75, 3.05) is 0 Å². The molecule has 2 rings (SSSR count). The van der Waals surface area contributed by atoms with Gasteiger partial charge in [-0.15, -0.1) is 0 Å². The second-order valence-corrected chi connectivity index (χ2v) is 5.52. The van der Waals surface area contributed by atoms with Gasteiger partial charge in [-0.25, -0.2) is 4.39 Å². The van der Waals surface area contributed by atoms with Crippen molar-refractivity contribution in [3.05, 3.63) is 51.0 Å². The van der Waals surface area contributed by atoms with Crippen LogP contribution in [-0.2, 0) is 6.54 Å². The van der Waals surface area contributed by atoms with Gasteiger partial charge in [0.05, 0.1) is 22.8 Å². The summed E-state index contributed by atoms with van der Waals surface area (Å²) in [5.41, 5.74) is 3.58. The molecule has 5 heteroatoms. The number of benzene rings is 1. The molecule has 0 fully saturated rings. The summed E-state index contributed by atoms with van der Waals surface area (Å²) >= 11 is 3.18. The molecule has 0 aliphatic rings. The number of hydrogen-bond donors (Lipinski definition) is 1. The summed E-state index contributed by atoms with van der Waals surface area (Å²) in [7, 11) is 0. The first-order chi connectivity index (χ1) is 8.90. The van der Waals surface area contributed by atoms with Gasteiger partial charge >= 0.3 is 0 Å². The van der Waals surface area contributed by atoms with Crippen LogP contribution in [-0.4, -0.2) is 14.9 Å². The van der Waals surface area contributed by atoms with Gasteiger partial charge in [0.1, 0.15) is 5.82 Å². The predicted octanol–water partition coefficient (Wildman–Crippen LogP) is 3.50. The van der Waals surface area contributed by atoms with Gasteiger partial charge in [-0.2, -0.15) is 5.10 Å². The fraction of sp³-hybridized carbons (Fsp3) is 0.357. The standard InChI is InChI=1S/C14H16BrFN2O/c1-8-14(10(3)19)9(2)18(17-8)7-11-4-5-13(16)12(15)6-11/h4-6,10,19H,7H2,1-3H3. The van der Waals surface area contributed by atoms with E-state index in [0.717, 1.165) is 22.5 Å². The minimum Gasteiger partial charge on any atom is -0.389 e. The molecule has 2 aromatic rings. The Morgan fingerprint density at radius 1 is 1.42 bits per heavy atom. The molecule has 1 aromatic carbocycles. The van der Waals surface area contributed by atoms with E-state index in [4.69, 9.17) is 0 Å². The van der Waals surface area contributed by atoms with Gasteiger partial charge in [0.15, 0.2) is 0 Å². The topological polar surface area (TPSA) is 38.0 Å². The summed E-state index contributed by atoms with van der Waals surface area (Å²) in [6, 6.07) is 4.91. The highest BCUT2D eigenvalue weighted by Gasteiger charge is 2.15. The van der Waals surface area contributed by atoms with Crippen molar-refractivity contribution in [1.82, 2.24) is 9.78 Å².